The van der Waals surface area contributed by atoms with Crippen LogP contribution in [0.25, 0.3) is 11.4 Å². The van der Waals surface area contributed by atoms with Gasteiger partial charge in [0.25, 0.3) is 0 Å². The molecule has 21 heavy (non-hydrogen) atoms. The fourth-order valence-electron chi connectivity index (χ4n) is 2.01. The van der Waals surface area contributed by atoms with Gasteiger partial charge in [0.05, 0.1) is 12.1 Å². The topological polar surface area (TPSA) is 69.6 Å². The summed E-state index contributed by atoms with van der Waals surface area (Å²) in [6.45, 7) is 0.429. The minimum Gasteiger partial charge on any atom is -0.399 e. The summed E-state index contributed by atoms with van der Waals surface area (Å²) in [5, 5.41) is 11.5. The van der Waals surface area contributed by atoms with E-state index >= 15 is 0 Å². The lowest BCUT2D eigenvalue weighted by Crippen LogP contribution is -2.06. The molecule has 0 fully saturated rings. The highest BCUT2D eigenvalue weighted by Crippen LogP contribution is 2.24. The molecule has 0 saturated carbocycles. The predicted molar refractivity (Wildman–Crippen MR) is 80.9 cm³/mol. The van der Waals surface area contributed by atoms with Crippen LogP contribution in [0.4, 0.5) is 10.1 Å². The summed E-state index contributed by atoms with van der Waals surface area (Å²) in [5.74, 6) is -0.0667. The molecule has 0 aliphatic heterocycles. The number of tetrazole rings is 1. The number of halogens is 2. The Labute approximate surface area is 128 Å². The number of benzene rings is 2. The maximum absolute atomic E-state index is 14.0. The normalized spacial score (nSPS) is 10.8. The van der Waals surface area contributed by atoms with E-state index in [4.69, 9.17) is 5.73 Å². The van der Waals surface area contributed by atoms with Crippen LogP contribution in [0.5, 0.6) is 0 Å². The molecular weight excluding hydrogens is 337 g/mol. The van der Waals surface area contributed by atoms with Gasteiger partial charge in [-0.1, -0.05) is 34.1 Å². The zero-order valence-electron chi connectivity index (χ0n) is 10.9. The molecule has 5 nitrogen and oxygen atoms in total. The van der Waals surface area contributed by atoms with E-state index < -0.39 is 5.82 Å². The number of anilines is 1. The van der Waals surface area contributed by atoms with Gasteiger partial charge in [0.2, 0.25) is 0 Å². The van der Waals surface area contributed by atoms with Gasteiger partial charge in [-0.15, -0.1) is 5.10 Å². The molecule has 3 aromatic rings. The first-order valence-corrected chi connectivity index (χ1v) is 6.99. The lowest BCUT2D eigenvalue weighted by atomic mass is 10.1. The van der Waals surface area contributed by atoms with E-state index in [9.17, 15) is 4.39 Å². The number of nitrogens with two attached hydrogens (primary N) is 1. The van der Waals surface area contributed by atoms with Crippen molar-refractivity contribution >= 4 is 21.6 Å². The van der Waals surface area contributed by atoms with Gasteiger partial charge in [-0.3, -0.25) is 0 Å². The average Bonchev–Trinajstić information content (AvgIpc) is 2.92. The Bertz CT molecular complexity index is 787. The van der Waals surface area contributed by atoms with Crippen LogP contribution in [-0.4, -0.2) is 20.2 Å². The van der Waals surface area contributed by atoms with E-state index in [0.29, 0.717) is 18.1 Å². The lowest BCUT2D eigenvalue weighted by Gasteiger charge is -2.08. The molecule has 1 aromatic heterocycles. The van der Waals surface area contributed by atoms with Crippen LogP contribution < -0.4 is 5.73 Å². The van der Waals surface area contributed by atoms with E-state index in [1.165, 1.54) is 22.9 Å². The van der Waals surface area contributed by atoms with Crippen LogP contribution in [0.2, 0.25) is 0 Å². The van der Waals surface area contributed by atoms with Crippen molar-refractivity contribution in [1.29, 1.82) is 0 Å². The Morgan fingerprint density at radius 2 is 2.00 bits per heavy atom. The first-order chi connectivity index (χ1) is 10.1. The van der Waals surface area contributed by atoms with Gasteiger partial charge < -0.3 is 5.73 Å². The van der Waals surface area contributed by atoms with Crippen LogP contribution in [0.1, 0.15) is 5.56 Å². The molecule has 1 heterocycles. The Morgan fingerprint density at radius 3 is 2.81 bits per heavy atom. The summed E-state index contributed by atoms with van der Waals surface area (Å²) in [5.41, 5.74) is 7.45. The van der Waals surface area contributed by atoms with E-state index in [1.54, 1.807) is 0 Å². The molecule has 0 unspecified atom stereocenters. The van der Waals surface area contributed by atoms with Crippen molar-refractivity contribution in [3.05, 3.63) is 58.3 Å². The molecule has 3 rings (SSSR count). The maximum Gasteiger partial charge on any atom is 0.185 e. The fourth-order valence-corrected chi connectivity index (χ4v) is 2.42. The van der Waals surface area contributed by atoms with E-state index in [0.717, 1.165) is 10.0 Å². The molecule has 106 valence electrons. The van der Waals surface area contributed by atoms with E-state index in [1.807, 2.05) is 24.3 Å². The Kier molecular flexibility index (Phi) is 3.66. The van der Waals surface area contributed by atoms with Crippen molar-refractivity contribution < 1.29 is 4.39 Å². The second kappa shape index (κ2) is 5.61. The van der Waals surface area contributed by atoms with Crippen molar-refractivity contribution in [3.8, 4) is 11.4 Å². The van der Waals surface area contributed by atoms with Crippen molar-refractivity contribution in [2.75, 3.05) is 5.73 Å². The van der Waals surface area contributed by atoms with Crippen molar-refractivity contribution in [1.82, 2.24) is 20.2 Å². The maximum atomic E-state index is 14.0. The highest BCUT2D eigenvalue weighted by molar-refractivity contribution is 9.10. The van der Waals surface area contributed by atoms with Crippen molar-refractivity contribution in [2.45, 2.75) is 6.54 Å². The molecule has 0 radical (unpaired) electrons. The zero-order chi connectivity index (χ0) is 14.8. The summed E-state index contributed by atoms with van der Waals surface area (Å²) in [4.78, 5) is 0. The first kappa shape index (κ1) is 13.7. The molecular formula is C14H11BrFN5. The molecule has 7 heteroatoms. The highest BCUT2D eigenvalue weighted by atomic mass is 79.9. The van der Waals surface area contributed by atoms with Gasteiger partial charge >= 0.3 is 0 Å². The second-order valence-corrected chi connectivity index (χ2v) is 5.35. The molecule has 0 atom stereocenters. The third-order valence-corrected chi connectivity index (χ3v) is 3.81. The quantitative estimate of drug-likeness (QED) is 0.739. The molecule has 2 N–H and O–H groups in total. The van der Waals surface area contributed by atoms with Crippen molar-refractivity contribution in [3.63, 3.8) is 0 Å². The van der Waals surface area contributed by atoms with Crippen LogP contribution in [0.3, 0.4) is 0 Å². The van der Waals surface area contributed by atoms with Gasteiger partial charge in [0.1, 0.15) is 5.82 Å². The molecule has 0 aliphatic carbocycles. The highest BCUT2D eigenvalue weighted by Gasteiger charge is 2.14. The summed E-state index contributed by atoms with van der Waals surface area (Å²) >= 11 is 3.47. The van der Waals surface area contributed by atoms with Gasteiger partial charge in [0, 0.05) is 10.2 Å². The molecule has 0 bridgehead atoms. The largest absolute Gasteiger partial charge is 0.399 e. The monoisotopic (exact) mass is 347 g/mol. The van der Waals surface area contributed by atoms with Crippen LogP contribution >= 0.6 is 15.9 Å². The third-order valence-electron chi connectivity index (χ3n) is 3.04. The van der Waals surface area contributed by atoms with Gasteiger partial charge in [-0.25, -0.2) is 9.07 Å². The van der Waals surface area contributed by atoms with Crippen molar-refractivity contribution in [2.24, 2.45) is 0 Å². The average molecular weight is 348 g/mol. The lowest BCUT2D eigenvalue weighted by molar-refractivity contribution is 0.620. The predicted octanol–water partition coefficient (Wildman–Crippen LogP) is 2.87. The minimum atomic E-state index is -0.410. The van der Waals surface area contributed by atoms with Gasteiger partial charge in [0.15, 0.2) is 5.82 Å². The SMILES string of the molecule is Nc1ccc(F)c(-c2nnnn2Cc2ccccc2Br)c1. The summed E-state index contributed by atoms with van der Waals surface area (Å²) < 4.78 is 16.4. The van der Waals surface area contributed by atoms with Crippen LogP contribution in [0.15, 0.2) is 46.9 Å². The smallest absolute Gasteiger partial charge is 0.185 e. The standard InChI is InChI=1S/C14H11BrFN5/c15-12-4-2-1-3-9(12)8-21-14(18-19-20-21)11-7-10(17)5-6-13(11)16/h1-7H,8,17H2. The van der Waals surface area contributed by atoms with Gasteiger partial charge in [-0.2, -0.15) is 0 Å². The Balaban J connectivity index is 2.02. The van der Waals surface area contributed by atoms with Gasteiger partial charge in [-0.05, 0) is 40.3 Å². The molecule has 0 amide bonds. The number of hydrogen-bond donors (Lipinski definition) is 1. The molecule has 0 saturated heterocycles. The Hall–Kier alpha value is -2.28. The third kappa shape index (κ3) is 2.78. The number of aromatic nitrogens is 4. The summed E-state index contributed by atoms with van der Waals surface area (Å²) in [6.07, 6.45) is 0. The number of rotatable bonds is 3. The molecule has 0 aliphatic rings. The number of nitrogens with zero attached hydrogens (tertiary/aromatic N) is 4. The van der Waals surface area contributed by atoms with E-state index in [2.05, 4.69) is 31.5 Å². The fraction of sp³-hybridized carbons (Fsp3) is 0.0714. The number of nitrogen functional groups attached to an aromatic ring is 1. The Morgan fingerprint density at radius 1 is 1.19 bits per heavy atom. The molecule has 2 aromatic carbocycles. The second-order valence-electron chi connectivity index (χ2n) is 4.49. The first-order valence-electron chi connectivity index (χ1n) is 6.20. The van der Waals surface area contributed by atoms with Crippen LogP contribution in [-0.2, 0) is 6.54 Å². The number of hydrogen-bond acceptors (Lipinski definition) is 4. The van der Waals surface area contributed by atoms with Crippen LogP contribution in [0, 0.1) is 5.82 Å². The summed E-state index contributed by atoms with van der Waals surface area (Å²) in [7, 11) is 0. The zero-order valence-corrected chi connectivity index (χ0v) is 12.5. The van der Waals surface area contributed by atoms with E-state index in [-0.39, 0.29) is 5.56 Å². The summed E-state index contributed by atoms with van der Waals surface area (Å²) in [6, 6.07) is 12.1. The molecule has 0 spiro atoms. The minimum absolute atomic E-state index is 0.284.